The van der Waals surface area contributed by atoms with E-state index >= 15 is 0 Å². The van der Waals surface area contributed by atoms with E-state index in [-0.39, 0.29) is 17.8 Å². The molecule has 4 unspecified atom stereocenters. The van der Waals surface area contributed by atoms with Gasteiger partial charge >= 0.3 is 12.1 Å². The second kappa shape index (κ2) is 13.6. The summed E-state index contributed by atoms with van der Waals surface area (Å²) in [7, 11) is 0. The van der Waals surface area contributed by atoms with E-state index in [9.17, 15) is 14.9 Å². The minimum atomic E-state index is -0.0574. The summed E-state index contributed by atoms with van der Waals surface area (Å²) < 4.78 is 1.96. The lowest BCUT2D eigenvalue weighted by Crippen LogP contribution is -2.63. The summed E-state index contributed by atoms with van der Waals surface area (Å²) in [4.78, 5) is 44.9. The van der Waals surface area contributed by atoms with Gasteiger partial charge in [-0.2, -0.15) is 9.83 Å². The second-order valence-corrected chi connectivity index (χ2v) is 15.5. The molecule has 8 rings (SSSR count). The summed E-state index contributed by atoms with van der Waals surface area (Å²) in [6, 6.07) is 17.0. The first-order chi connectivity index (χ1) is 25.1. The molecule has 0 saturated carbocycles. The molecule has 0 aliphatic carbocycles. The summed E-state index contributed by atoms with van der Waals surface area (Å²) in [6.45, 7) is 9.01. The molecule has 4 saturated heterocycles. The maximum absolute atomic E-state index is 13.4. The molecular formula is C41H46N9O2+. The van der Waals surface area contributed by atoms with Gasteiger partial charge in [0.2, 0.25) is 11.9 Å². The lowest BCUT2D eigenvalue weighted by atomic mass is 9.74. The number of carbonyl (C=O) groups is 2. The topological polar surface area (TPSA) is 131 Å². The predicted molar refractivity (Wildman–Crippen MR) is 198 cm³/mol. The molecule has 5 atom stereocenters. The van der Waals surface area contributed by atoms with E-state index in [2.05, 4.69) is 47.4 Å². The van der Waals surface area contributed by atoms with E-state index in [1.807, 2.05) is 70.0 Å². The van der Waals surface area contributed by atoms with Crippen LogP contribution in [0, 0.1) is 30.1 Å². The third-order valence-corrected chi connectivity index (χ3v) is 11.6. The van der Waals surface area contributed by atoms with Crippen molar-refractivity contribution in [1.82, 2.24) is 24.8 Å². The van der Waals surface area contributed by atoms with Crippen LogP contribution in [-0.2, 0) is 13.0 Å². The number of urea groups is 2. The Balaban J connectivity index is 1.07. The summed E-state index contributed by atoms with van der Waals surface area (Å²) >= 11 is 0. The molecule has 266 valence electrons. The number of fused-ring (bicyclic) bond motifs is 4. The van der Waals surface area contributed by atoms with Crippen molar-refractivity contribution in [2.75, 3.05) is 10.6 Å². The van der Waals surface area contributed by atoms with Crippen molar-refractivity contribution in [3.8, 4) is 28.7 Å². The number of rotatable bonds is 7. The molecule has 11 heteroatoms. The highest BCUT2D eigenvalue weighted by Gasteiger charge is 2.47. The van der Waals surface area contributed by atoms with Crippen molar-refractivity contribution in [1.29, 1.82) is 5.26 Å². The molecule has 4 aromatic rings. The third-order valence-electron chi connectivity index (χ3n) is 11.6. The fourth-order valence-corrected chi connectivity index (χ4v) is 9.04. The van der Waals surface area contributed by atoms with E-state index in [1.165, 1.54) is 0 Å². The van der Waals surface area contributed by atoms with Crippen LogP contribution in [0.5, 0.6) is 0 Å². The number of nitriles is 1. The van der Waals surface area contributed by atoms with Crippen LogP contribution < -0.4 is 15.2 Å². The van der Waals surface area contributed by atoms with Crippen LogP contribution >= 0.6 is 0 Å². The van der Waals surface area contributed by atoms with Gasteiger partial charge < -0.3 is 20.4 Å². The summed E-state index contributed by atoms with van der Waals surface area (Å²) in [5, 5.41) is 16.3. The fraction of sp³-hybridized carbons (Fsp3) is 0.439. The monoisotopic (exact) mass is 696 g/mol. The van der Waals surface area contributed by atoms with E-state index in [0.29, 0.717) is 65.4 Å². The number of hydrogen-bond acceptors (Lipinski definition) is 6. The van der Waals surface area contributed by atoms with E-state index in [0.717, 1.165) is 72.9 Å². The molecule has 11 nitrogen and oxygen atoms in total. The van der Waals surface area contributed by atoms with Gasteiger partial charge in [-0.25, -0.2) is 24.5 Å². The highest BCUT2D eigenvalue weighted by Crippen LogP contribution is 2.42. The number of benzene rings is 2. The van der Waals surface area contributed by atoms with Crippen LogP contribution in [0.4, 0.5) is 21.0 Å². The fourth-order valence-electron chi connectivity index (χ4n) is 9.04. The quantitative estimate of drug-likeness (QED) is 0.198. The standard InChI is InChI=1S/C41H45N9O2/c1-5-28-10-11-43-39(45-28)37-17-30(47-41(52)50-34-14-25(3)15-35(50)19-34)9-7-27(37)21-48-22-31(20-42)44-38(23-48)36-16-29(8-6-26(36)4)46-40(51)49-32-12-24(2)13-33(49)18-32/h6-11,16-17,22-25,32-35H,5,12-15,18-19,21H2,1-4H3,(H-,46,47,51,52)/p+1/t24?,25?,32?,33?,34-,35?/m1/s1. The minimum Gasteiger partial charge on any atom is -0.318 e. The Bertz CT molecular complexity index is 2070. The molecule has 4 aliphatic heterocycles. The highest BCUT2D eigenvalue weighted by atomic mass is 16.2. The van der Waals surface area contributed by atoms with E-state index < -0.39 is 0 Å². The van der Waals surface area contributed by atoms with Gasteiger partial charge in [-0.15, -0.1) is 0 Å². The average molecular weight is 697 g/mol. The van der Waals surface area contributed by atoms with Crippen molar-refractivity contribution < 1.29 is 14.2 Å². The second-order valence-electron chi connectivity index (χ2n) is 15.5. The molecule has 4 fully saturated rings. The molecule has 52 heavy (non-hydrogen) atoms. The number of piperidine rings is 2. The first-order valence-corrected chi connectivity index (χ1v) is 18.7. The van der Waals surface area contributed by atoms with Crippen molar-refractivity contribution in [2.24, 2.45) is 11.8 Å². The van der Waals surface area contributed by atoms with Crippen molar-refractivity contribution in [2.45, 2.75) is 103 Å². The molecule has 4 aliphatic rings. The van der Waals surface area contributed by atoms with E-state index in [4.69, 9.17) is 4.98 Å². The maximum atomic E-state index is 13.4. The summed E-state index contributed by atoms with van der Waals surface area (Å²) in [6.07, 6.45) is 12.6. The minimum absolute atomic E-state index is 0.0550. The van der Waals surface area contributed by atoms with Crippen LogP contribution in [0.3, 0.4) is 0 Å². The Hall–Kier alpha value is -5.37. The van der Waals surface area contributed by atoms with Gasteiger partial charge in [0.25, 0.3) is 0 Å². The predicted octanol–water partition coefficient (Wildman–Crippen LogP) is 7.09. The molecule has 4 amide bonds. The van der Waals surface area contributed by atoms with Crippen molar-refractivity contribution >= 4 is 23.4 Å². The van der Waals surface area contributed by atoms with Crippen LogP contribution in [0.25, 0.3) is 22.6 Å². The molecule has 2 aromatic heterocycles. The molecule has 6 heterocycles. The van der Waals surface area contributed by atoms with Crippen LogP contribution in [-0.4, -0.2) is 61.0 Å². The Labute approximate surface area is 305 Å². The molecule has 0 radical (unpaired) electrons. The first-order valence-electron chi connectivity index (χ1n) is 18.7. The van der Waals surface area contributed by atoms with Gasteiger partial charge in [-0.05, 0) is 106 Å². The SMILES string of the molecule is CCc1ccnc(-c2cc(NC(=O)N3C4CC(C)C[C@@H]3C4)ccc2C[n+]2cc(C#N)nc(-c3cc(NC(=O)N4C5CC(C)CC4C5)ccc3C)c2)n1. The Morgan fingerprint density at radius 2 is 1.42 bits per heavy atom. The third kappa shape index (κ3) is 6.47. The largest absolute Gasteiger partial charge is 0.322 e. The van der Waals surface area contributed by atoms with Crippen molar-refractivity contribution in [3.63, 3.8) is 0 Å². The number of amides is 4. The molecular weight excluding hydrogens is 651 g/mol. The van der Waals surface area contributed by atoms with Gasteiger partial charge in [-0.3, -0.25) is 0 Å². The zero-order valence-electron chi connectivity index (χ0n) is 30.3. The molecule has 4 bridgehead atoms. The lowest BCUT2D eigenvalue weighted by Gasteiger charge is -2.54. The van der Waals surface area contributed by atoms with Gasteiger partial charge in [0, 0.05) is 64.1 Å². The summed E-state index contributed by atoms with van der Waals surface area (Å²) in [5.74, 6) is 1.89. The Morgan fingerprint density at radius 3 is 2.02 bits per heavy atom. The zero-order valence-corrected chi connectivity index (χ0v) is 30.3. The average Bonchev–Trinajstić information content (AvgIpc) is 3.12. The zero-order chi connectivity index (χ0) is 36.1. The lowest BCUT2D eigenvalue weighted by molar-refractivity contribution is -0.688. The number of nitrogens with zero attached hydrogens (tertiary/aromatic N) is 7. The van der Waals surface area contributed by atoms with Gasteiger partial charge in [0.1, 0.15) is 11.8 Å². The van der Waals surface area contributed by atoms with Gasteiger partial charge in [-0.1, -0.05) is 26.8 Å². The number of nitrogens with one attached hydrogen (secondary N) is 2. The van der Waals surface area contributed by atoms with Crippen molar-refractivity contribution in [3.05, 3.63) is 83.6 Å². The Morgan fingerprint density at radius 1 is 0.827 bits per heavy atom. The van der Waals surface area contributed by atoms with Crippen LogP contribution in [0.1, 0.15) is 81.8 Å². The highest BCUT2D eigenvalue weighted by molar-refractivity contribution is 5.92. The van der Waals surface area contributed by atoms with Crippen LogP contribution in [0.15, 0.2) is 61.1 Å². The number of carbonyl (C=O) groups excluding carboxylic acids is 2. The summed E-state index contributed by atoms with van der Waals surface area (Å²) in [5.41, 5.74) is 6.77. The first kappa shape index (κ1) is 33.8. The van der Waals surface area contributed by atoms with Gasteiger partial charge in [0.15, 0.2) is 18.6 Å². The maximum Gasteiger partial charge on any atom is 0.322 e. The van der Waals surface area contributed by atoms with E-state index in [1.54, 1.807) is 12.4 Å². The van der Waals surface area contributed by atoms with Gasteiger partial charge in [0.05, 0.1) is 0 Å². The smallest absolute Gasteiger partial charge is 0.318 e. The number of anilines is 2. The number of aryl methyl sites for hydroxylation is 2. The van der Waals surface area contributed by atoms with Crippen LogP contribution in [0.2, 0.25) is 0 Å². The molecule has 2 N–H and O–H groups in total. The normalized spacial score (nSPS) is 24.3. The number of aromatic nitrogens is 4. The Kier molecular flexibility index (Phi) is 8.85. The molecule has 2 aromatic carbocycles. The molecule has 0 spiro atoms. The number of hydrogen-bond donors (Lipinski definition) is 2.